The Labute approximate surface area is 135 Å². The Morgan fingerprint density at radius 3 is 2.39 bits per heavy atom. The highest BCUT2D eigenvalue weighted by atomic mass is 16.5. The van der Waals surface area contributed by atoms with Crippen LogP contribution in [0.4, 0.5) is 5.69 Å². The number of methoxy groups -OCH3 is 2. The van der Waals surface area contributed by atoms with Crippen LogP contribution in [0.1, 0.15) is 26.3 Å². The van der Waals surface area contributed by atoms with Crippen LogP contribution in [0.3, 0.4) is 0 Å². The molecule has 0 aliphatic rings. The van der Waals surface area contributed by atoms with E-state index in [0.717, 1.165) is 5.56 Å². The summed E-state index contributed by atoms with van der Waals surface area (Å²) in [7, 11) is 4.58. The molecule has 0 aliphatic heterocycles. The van der Waals surface area contributed by atoms with Gasteiger partial charge in [0.2, 0.25) is 0 Å². The number of esters is 1. The molecule has 0 aromatic heterocycles. The zero-order valence-corrected chi connectivity index (χ0v) is 13.6. The van der Waals surface area contributed by atoms with Crippen LogP contribution in [0.2, 0.25) is 0 Å². The number of carbonyl (C=O) groups is 2. The lowest BCUT2D eigenvalue weighted by atomic mass is 10.1. The van der Waals surface area contributed by atoms with Crippen LogP contribution in [-0.4, -0.2) is 33.1 Å². The van der Waals surface area contributed by atoms with E-state index >= 15 is 0 Å². The van der Waals surface area contributed by atoms with E-state index in [4.69, 9.17) is 9.47 Å². The van der Waals surface area contributed by atoms with E-state index in [1.165, 1.54) is 12.0 Å². The maximum atomic E-state index is 12.7. The van der Waals surface area contributed by atoms with Crippen LogP contribution in [0.15, 0.2) is 42.5 Å². The van der Waals surface area contributed by atoms with E-state index in [1.54, 1.807) is 50.6 Å². The lowest BCUT2D eigenvalue weighted by Crippen LogP contribution is -2.27. The first-order valence-corrected chi connectivity index (χ1v) is 7.09. The summed E-state index contributed by atoms with van der Waals surface area (Å²) in [5.41, 5.74) is 2.42. The second-order valence-corrected chi connectivity index (χ2v) is 5.09. The predicted molar refractivity (Wildman–Crippen MR) is 88.2 cm³/mol. The molecular weight excluding hydrogens is 294 g/mol. The molecule has 0 N–H and O–H groups in total. The minimum Gasteiger partial charge on any atom is -0.497 e. The molecule has 0 atom stereocenters. The quantitative estimate of drug-likeness (QED) is 0.814. The van der Waals surface area contributed by atoms with Crippen LogP contribution in [0, 0.1) is 6.92 Å². The normalized spacial score (nSPS) is 10.1. The fourth-order valence-electron chi connectivity index (χ4n) is 2.26. The SMILES string of the molecule is COC(=O)c1cccc(N(C)C(=O)c2ccc(OC)cc2C)c1. The second kappa shape index (κ2) is 6.96. The molecular formula is C18H19NO4. The second-order valence-electron chi connectivity index (χ2n) is 5.09. The summed E-state index contributed by atoms with van der Waals surface area (Å²) in [6.07, 6.45) is 0. The molecule has 0 unspecified atom stereocenters. The third-order valence-electron chi connectivity index (χ3n) is 3.62. The topological polar surface area (TPSA) is 55.8 Å². The van der Waals surface area contributed by atoms with Gasteiger partial charge in [-0.05, 0) is 48.9 Å². The third-order valence-corrected chi connectivity index (χ3v) is 3.62. The van der Waals surface area contributed by atoms with Crippen molar-refractivity contribution in [3.8, 4) is 5.75 Å². The molecule has 0 saturated carbocycles. The summed E-state index contributed by atoms with van der Waals surface area (Å²) >= 11 is 0. The van der Waals surface area contributed by atoms with Crippen molar-refractivity contribution in [1.29, 1.82) is 0 Å². The Morgan fingerprint density at radius 1 is 1.04 bits per heavy atom. The van der Waals surface area contributed by atoms with Crippen molar-refractivity contribution in [3.63, 3.8) is 0 Å². The van der Waals surface area contributed by atoms with Gasteiger partial charge in [-0.2, -0.15) is 0 Å². The number of hydrogen-bond acceptors (Lipinski definition) is 4. The van der Waals surface area contributed by atoms with Gasteiger partial charge < -0.3 is 14.4 Å². The highest BCUT2D eigenvalue weighted by Crippen LogP contribution is 2.22. The van der Waals surface area contributed by atoms with Crippen molar-refractivity contribution < 1.29 is 19.1 Å². The van der Waals surface area contributed by atoms with Crippen molar-refractivity contribution in [3.05, 3.63) is 59.2 Å². The van der Waals surface area contributed by atoms with Gasteiger partial charge in [-0.1, -0.05) is 6.07 Å². The number of anilines is 1. The van der Waals surface area contributed by atoms with Crippen molar-refractivity contribution in [2.45, 2.75) is 6.92 Å². The molecule has 5 nitrogen and oxygen atoms in total. The average molecular weight is 313 g/mol. The number of amides is 1. The summed E-state index contributed by atoms with van der Waals surface area (Å²) in [6, 6.07) is 12.0. The van der Waals surface area contributed by atoms with Gasteiger partial charge in [0.15, 0.2) is 0 Å². The standard InChI is InChI=1S/C18H19NO4/c1-12-10-15(22-3)8-9-16(12)17(20)19(2)14-7-5-6-13(11-14)18(21)23-4/h5-11H,1-4H3. The van der Waals surface area contributed by atoms with E-state index in [2.05, 4.69) is 0 Å². The molecule has 0 aliphatic carbocycles. The van der Waals surface area contributed by atoms with E-state index < -0.39 is 5.97 Å². The molecule has 0 bridgehead atoms. The fraction of sp³-hybridized carbons (Fsp3) is 0.222. The zero-order chi connectivity index (χ0) is 17.0. The first-order chi connectivity index (χ1) is 11.0. The van der Waals surface area contributed by atoms with Crippen molar-refractivity contribution in [2.75, 3.05) is 26.2 Å². The maximum Gasteiger partial charge on any atom is 0.337 e. The van der Waals surface area contributed by atoms with E-state index in [0.29, 0.717) is 22.6 Å². The molecule has 0 fully saturated rings. The Kier molecular flexibility index (Phi) is 5.01. The van der Waals surface area contributed by atoms with Gasteiger partial charge in [-0.15, -0.1) is 0 Å². The summed E-state index contributed by atoms with van der Waals surface area (Å²) in [5, 5.41) is 0. The van der Waals surface area contributed by atoms with Gasteiger partial charge in [0.05, 0.1) is 19.8 Å². The molecule has 0 spiro atoms. The molecule has 5 heteroatoms. The minimum atomic E-state index is -0.437. The van der Waals surface area contributed by atoms with Crippen molar-refractivity contribution in [1.82, 2.24) is 0 Å². The third kappa shape index (κ3) is 3.51. The highest BCUT2D eigenvalue weighted by Gasteiger charge is 2.17. The monoisotopic (exact) mass is 313 g/mol. The van der Waals surface area contributed by atoms with Crippen LogP contribution in [-0.2, 0) is 4.74 Å². The molecule has 120 valence electrons. The van der Waals surface area contributed by atoms with Crippen LogP contribution in [0.25, 0.3) is 0 Å². The number of carbonyl (C=O) groups excluding carboxylic acids is 2. The largest absolute Gasteiger partial charge is 0.497 e. The molecule has 1 amide bonds. The van der Waals surface area contributed by atoms with Crippen molar-refractivity contribution in [2.24, 2.45) is 0 Å². The van der Waals surface area contributed by atoms with Crippen LogP contribution in [0.5, 0.6) is 5.75 Å². The Morgan fingerprint density at radius 2 is 1.78 bits per heavy atom. The fourth-order valence-corrected chi connectivity index (χ4v) is 2.26. The van der Waals surface area contributed by atoms with E-state index in [-0.39, 0.29) is 5.91 Å². The van der Waals surface area contributed by atoms with Gasteiger partial charge in [0.1, 0.15) is 5.75 Å². The molecule has 23 heavy (non-hydrogen) atoms. The Balaban J connectivity index is 2.31. The predicted octanol–water partition coefficient (Wildman–Crippen LogP) is 3.07. The molecule has 0 saturated heterocycles. The molecule has 2 aromatic rings. The number of hydrogen-bond donors (Lipinski definition) is 0. The Bertz CT molecular complexity index is 740. The lowest BCUT2D eigenvalue weighted by molar-refractivity contribution is 0.0600. The van der Waals surface area contributed by atoms with Gasteiger partial charge in [-0.25, -0.2) is 4.79 Å². The van der Waals surface area contributed by atoms with Gasteiger partial charge in [0.25, 0.3) is 5.91 Å². The number of nitrogens with zero attached hydrogens (tertiary/aromatic N) is 1. The number of rotatable bonds is 4. The van der Waals surface area contributed by atoms with Gasteiger partial charge in [-0.3, -0.25) is 4.79 Å². The molecule has 2 rings (SSSR count). The first kappa shape index (κ1) is 16.5. The highest BCUT2D eigenvalue weighted by molar-refractivity contribution is 6.07. The summed E-state index contributed by atoms with van der Waals surface area (Å²) in [4.78, 5) is 25.8. The molecule has 0 radical (unpaired) electrons. The minimum absolute atomic E-state index is 0.160. The summed E-state index contributed by atoms with van der Waals surface area (Å²) in [5.74, 6) is 0.106. The van der Waals surface area contributed by atoms with Crippen molar-refractivity contribution >= 4 is 17.6 Å². The number of benzene rings is 2. The maximum absolute atomic E-state index is 12.7. The van der Waals surface area contributed by atoms with E-state index in [1.807, 2.05) is 13.0 Å². The molecule has 2 aromatic carbocycles. The van der Waals surface area contributed by atoms with E-state index in [9.17, 15) is 9.59 Å². The zero-order valence-electron chi connectivity index (χ0n) is 13.6. The molecule has 0 heterocycles. The Hall–Kier alpha value is -2.82. The van der Waals surface area contributed by atoms with Crippen LogP contribution >= 0.6 is 0 Å². The van der Waals surface area contributed by atoms with Gasteiger partial charge in [0, 0.05) is 18.3 Å². The lowest BCUT2D eigenvalue weighted by Gasteiger charge is -2.19. The summed E-state index contributed by atoms with van der Waals surface area (Å²) < 4.78 is 9.86. The van der Waals surface area contributed by atoms with Crippen LogP contribution < -0.4 is 9.64 Å². The van der Waals surface area contributed by atoms with Gasteiger partial charge >= 0.3 is 5.97 Å². The number of aryl methyl sites for hydroxylation is 1. The smallest absolute Gasteiger partial charge is 0.337 e. The first-order valence-electron chi connectivity index (χ1n) is 7.09. The number of ether oxygens (including phenoxy) is 2. The average Bonchev–Trinajstić information content (AvgIpc) is 2.59. The summed E-state index contributed by atoms with van der Waals surface area (Å²) in [6.45, 7) is 1.86.